The first-order valence-corrected chi connectivity index (χ1v) is 7.18. The molecule has 2 aromatic rings. The molecular weight excluding hydrogens is 252 g/mol. The van der Waals surface area contributed by atoms with Gasteiger partial charge in [0.2, 0.25) is 0 Å². The van der Waals surface area contributed by atoms with Crippen LogP contribution in [-0.4, -0.2) is 18.2 Å². The van der Waals surface area contributed by atoms with Gasteiger partial charge in [-0.1, -0.05) is 13.3 Å². The first-order valence-electron chi connectivity index (χ1n) is 7.18. The number of benzene rings is 1. The summed E-state index contributed by atoms with van der Waals surface area (Å²) in [6.07, 6.45) is 1.95. The summed E-state index contributed by atoms with van der Waals surface area (Å²) < 4.78 is 11.3. The molecule has 108 valence electrons. The van der Waals surface area contributed by atoms with E-state index in [1.807, 2.05) is 26.0 Å². The molecule has 0 saturated heterocycles. The quantitative estimate of drug-likeness (QED) is 0.875. The third-order valence-electron chi connectivity index (χ3n) is 3.14. The van der Waals surface area contributed by atoms with Crippen molar-refractivity contribution in [1.82, 2.24) is 4.98 Å². The average Bonchev–Trinajstić information content (AvgIpc) is 2.43. The number of nitrogen functional groups attached to an aromatic ring is 1. The van der Waals surface area contributed by atoms with Gasteiger partial charge in [0.25, 0.3) is 0 Å². The molecule has 4 nitrogen and oxygen atoms in total. The van der Waals surface area contributed by atoms with E-state index in [0.717, 1.165) is 40.8 Å². The molecule has 0 atom stereocenters. The lowest BCUT2D eigenvalue weighted by Gasteiger charge is -2.13. The van der Waals surface area contributed by atoms with Gasteiger partial charge in [-0.25, -0.2) is 4.98 Å². The van der Waals surface area contributed by atoms with Gasteiger partial charge in [-0.2, -0.15) is 0 Å². The van der Waals surface area contributed by atoms with Crippen LogP contribution in [0.2, 0.25) is 0 Å². The molecule has 0 aliphatic rings. The van der Waals surface area contributed by atoms with E-state index in [9.17, 15) is 0 Å². The maximum absolute atomic E-state index is 6.05. The first kappa shape index (κ1) is 14.4. The number of anilines is 1. The summed E-state index contributed by atoms with van der Waals surface area (Å²) in [4.78, 5) is 4.53. The monoisotopic (exact) mass is 274 g/mol. The van der Waals surface area contributed by atoms with Crippen molar-refractivity contribution in [3.8, 4) is 11.5 Å². The molecule has 1 aromatic heterocycles. The number of hydrogen-bond acceptors (Lipinski definition) is 4. The Bertz CT molecular complexity index is 597. The molecule has 2 rings (SSSR count). The molecular formula is C16H22N2O2. The fraction of sp³-hybridized carbons (Fsp3) is 0.438. The molecule has 0 aliphatic carbocycles. The standard InChI is InChI=1S/C16H22N2O2/c1-4-7-11-10-12-13(19-5-2)8-9-14(20-6-3)15(12)18-16(11)17/h8-10H,4-7H2,1-3H3,(H2,17,18). The van der Waals surface area contributed by atoms with Crippen molar-refractivity contribution in [3.63, 3.8) is 0 Å². The van der Waals surface area contributed by atoms with E-state index in [1.54, 1.807) is 0 Å². The number of nitrogens with two attached hydrogens (primary N) is 1. The predicted octanol–water partition coefficient (Wildman–Crippen LogP) is 3.57. The number of aromatic nitrogens is 1. The Morgan fingerprint density at radius 2 is 1.70 bits per heavy atom. The van der Waals surface area contributed by atoms with Crippen LogP contribution >= 0.6 is 0 Å². The topological polar surface area (TPSA) is 57.4 Å². The highest BCUT2D eigenvalue weighted by atomic mass is 16.5. The number of nitrogens with zero attached hydrogens (tertiary/aromatic N) is 1. The van der Waals surface area contributed by atoms with E-state index in [1.165, 1.54) is 0 Å². The zero-order valence-corrected chi connectivity index (χ0v) is 12.4. The van der Waals surface area contributed by atoms with Gasteiger partial charge >= 0.3 is 0 Å². The molecule has 1 aromatic carbocycles. The summed E-state index contributed by atoms with van der Waals surface area (Å²) in [6.45, 7) is 7.28. The fourth-order valence-electron chi connectivity index (χ4n) is 2.29. The van der Waals surface area contributed by atoms with Crippen LogP contribution in [0, 0.1) is 0 Å². The Kier molecular flexibility index (Phi) is 4.66. The normalized spacial score (nSPS) is 10.8. The maximum atomic E-state index is 6.05. The average molecular weight is 274 g/mol. The molecule has 0 aliphatic heterocycles. The van der Waals surface area contributed by atoms with Gasteiger partial charge < -0.3 is 15.2 Å². The van der Waals surface area contributed by atoms with Crippen LogP contribution in [0.15, 0.2) is 18.2 Å². The van der Waals surface area contributed by atoms with E-state index in [2.05, 4.69) is 18.0 Å². The molecule has 0 amide bonds. The van der Waals surface area contributed by atoms with Crippen molar-refractivity contribution in [3.05, 3.63) is 23.8 Å². The van der Waals surface area contributed by atoms with Crippen LogP contribution in [0.1, 0.15) is 32.8 Å². The largest absolute Gasteiger partial charge is 0.493 e. The highest BCUT2D eigenvalue weighted by molar-refractivity contribution is 5.92. The summed E-state index contributed by atoms with van der Waals surface area (Å²) >= 11 is 0. The molecule has 0 unspecified atom stereocenters. The van der Waals surface area contributed by atoms with Gasteiger partial charge in [-0.05, 0) is 44.0 Å². The smallest absolute Gasteiger partial charge is 0.145 e. The lowest BCUT2D eigenvalue weighted by atomic mass is 10.1. The molecule has 2 N–H and O–H groups in total. The molecule has 1 heterocycles. The molecule has 0 bridgehead atoms. The van der Waals surface area contributed by atoms with E-state index < -0.39 is 0 Å². The van der Waals surface area contributed by atoms with E-state index >= 15 is 0 Å². The highest BCUT2D eigenvalue weighted by Crippen LogP contribution is 2.34. The minimum absolute atomic E-state index is 0.578. The van der Waals surface area contributed by atoms with Gasteiger partial charge in [-0.3, -0.25) is 0 Å². The minimum atomic E-state index is 0.578. The van der Waals surface area contributed by atoms with Crippen LogP contribution in [0.4, 0.5) is 5.82 Å². The zero-order chi connectivity index (χ0) is 14.5. The number of ether oxygens (including phenoxy) is 2. The summed E-state index contributed by atoms with van der Waals surface area (Å²) in [5, 5.41) is 0.968. The van der Waals surface area contributed by atoms with Crippen molar-refractivity contribution >= 4 is 16.7 Å². The van der Waals surface area contributed by atoms with Crippen LogP contribution < -0.4 is 15.2 Å². The van der Waals surface area contributed by atoms with Gasteiger partial charge in [0.1, 0.15) is 22.8 Å². The second kappa shape index (κ2) is 6.46. The Morgan fingerprint density at radius 3 is 2.35 bits per heavy atom. The van der Waals surface area contributed by atoms with Crippen molar-refractivity contribution in [2.75, 3.05) is 18.9 Å². The van der Waals surface area contributed by atoms with E-state index in [0.29, 0.717) is 19.0 Å². The van der Waals surface area contributed by atoms with Crippen molar-refractivity contribution < 1.29 is 9.47 Å². The number of pyridine rings is 1. The lowest BCUT2D eigenvalue weighted by molar-refractivity contribution is 0.336. The summed E-state index contributed by atoms with van der Waals surface area (Å²) in [6, 6.07) is 5.90. The molecule has 20 heavy (non-hydrogen) atoms. The van der Waals surface area contributed by atoms with Crippen LogP contribution in [0.5, 0.6) is 11.5 Å². The number of aryl methyl sites for hydroxylation is 1. The highest BCUT2D eigenvalue weighted by Gasteiger charge is 2.12. The molecule has 0 radical (unpaired) electrons. The van der Waals surface area contributed by atoms with E-state index in [-0.39, 0.29) is 0 Å². The second-order valence-electron chi connectivity index (χ2n) is 4.61. The molecule has 4 heteroatoms. The Morgan fingerprint density at radius 1 is 1.05 bits per heavy atom. The lowest BCUT2D eigenvalue weighted by Crippen LogP contribution is -2.02. The Hall–Kier alpha value is -1.97. The van der Waals surface area contributed by atoms with Gasteiger partial charge in [0.05, 0.1) is 13.2 Å². The van der Waals surface area contributed by atoms with Crippen LogP contribution in [0.25, 0.3) is 10.9 Å². The summed E-state index contributed by atoms with van der Waals surface area (Å²) in [5.41, 5.74) is 7.89. The second-order valence-corrected chi connectivity index (χ2v) is 4.61. The predicted molar refractivity (Wildman–Crippen MR) is 82.5 cm³/mol. The molecule has 0 fully saturated rings. The van der Waals surface area contributed by atoms with Gasteiger partial charge in [-0.15, -0.1) is 0 Å². The molecule has 0 saturated carbocycles. The third kappa shape index (κ3) is 2.79. The third-order valence-corrected chi connectivity index (χ3v) is 3.14. The SMILES string of the molecule is CCCc1cc2c(OCC)ccc(OCC)c2nc1N. The van der Waals surface area contributed by atoms with Gasteiger partial charge in [0.15, 0.2) is 0 Å². The molecule has 0 spiro atoms. The summed E-state index contributed by atoms with van der Waals surface area (Å²) in [7, 11) is 0. The Labute approximate surface area is 119 Å². The number of fused-ring (bicyclic) bond motifs is 1. The maximum Gasteiger partial charge on any atom is 0.145 e. The Balaban J connectivity index is 2.64. The number of rotatable bonds is 6. The summed E-state index contributed by atoms with van der Waals surface area (Å²) in [5.74, 6) is 2.16. The van der Waals surface area contributed by atoms with Crippen molar-refractivity contribution in [2.45, 2.75) is 33.6 Å². The minimum Gasteiger partial charge on any atom is -0.493 e. The fourth-order valence-corrected chi connectivity index (χ4v) is 2.29. The zero-order valence-electron chi connectivity index (χ0n) is 12.4. The van der Waals surface area contributed by atoms with Crippen LogP contribution in [0.3, 0.4) is 0 Å². The van der Waals surface area contributed by atoms with E-state index in [4.69, 9.17) is 15.2 Å². The number of hydrogen-bond donors (Lipinski definition) is 1. The van der Waals surface area contributed by atoms with Crippen molar-refractivity contribution in [2.24, 2.45) is 0 Å². The van der Waals surface area contributed by atoms with Crippen LogP contribution in [-0.2, 0) is 6.42 Å². The first-order chi connectivity index (χ1) is 9.71. The van der Waals surface area contributed by atoms with Gasteiger partial charge in [0, 0.05) is 5.39 Å². The van der Waals surface area contributed by atoms with Crippen molar-refractivity contribution in [1.29, 1.82) is 0 Å².